The van der Waals surface area contributed by atoms with Gasteiger partial charge in [0.2, 0.25) is 0 Å². The van der Waals surface area contributed by atoms with Crippen LogP contribution in [0.3, 0.4) is 0 Å². The van der Waals surface area contributed by atoms with Crippen molar-refractivity contribution in [1.82, 2.24) is 0 Å². The van der Waals surface area contributed by atoms with E-state index >= 15 is 0 Å². The Morgan fingerprint density at radius 2 is 0.500 bits per heavy atom. The molecule has 0 aromatic carbocycles. The summed E-state index contributed by atoms with van der Waals surface area (Å²) in [6.45, 7) is 8.42. The third-order valence-corrected chi connectivity index (χ3v) is 1.49. The van der Waals surface area contributed by atoms with E-state index in [0.29, 0.717) is 0 Å². The van der Waals surface area contributed by atoms with Crippen LogP contribution in [0, 0.1) is 0 Å². The van der Waals surface area contributed by atoms with E-state index in [9.17, 15) is 28.8 Å². The molecule has 123 valence electrons. The SMILES string of the molecule is CC(=O)CC(C)=O.CC(=O)CC(C)=O.CC(=O)CC(C)=O.[Ga]. The van der Waals surface area contributed by atoms with Gasteiger partial charge in [0.1, 0.15) is 34.7 Å². The number of hydrogen-bond donors (Lipinski definition) is 0. The van der Waals surface area contributed by atoms with E-state index in [1.165, 1.54) is 41.5 Å². The summed E-state index contributed by atoms with van der Waals surface area (Å²) in [6, 6.07) is 0. The first-order valence-corrected chi connectivity index (χ1v) is 6.35. The standard InChI is InChI=1S/3C5H8O2.Ga/c3*1-4(6)3-5(2)7;/h3*3H2,1-2H3;. The van der Waals surface area contributed by atoms with Crippen molar-refractivity contribution in [3.05, 3.63) is 0 Å². The van der Waals surface area contributed by atoms with Gasteiger partial charge >= 0.3 is 0 Å². The van der Waals surface area contributed by atoms with Gasteiger partial charge in [-0.2, -0.15) is 0 Å². The summed E-state index contributed by atoms with van der Waals surface area (Å²) < 4.78 is 0. The van der Waals surface area contributed by atoms with Gasteiger partial charge in [-0.1, -0.05) is 0 Å². The Balaban J connectivity index is -0.000000108. The molecule has 0 saturated heterocycles. The molecule has 0 aliphatic rings. The van der Waals surface area contributed by atoms with Crippen LogP contribution in [0.1, 0.15) is 60.8 Å². The molecule has 0 heterocycles. The van der Waals surface area contributed by atoms with Gasteiger partial charge in [0.15, 0.2) is 0 Å². The number of carbonyl (C=O) groups excluding carboxylic acids is 6. The molecule has 0 spiro atoms. The number of Topliss-reactive ketones (excluding diaryl/α,β-unsaturated/α-hetero) is 6. The van der Waals surface area contributed by atoms with Gasteiger partial charge in [0, 0.05) is 19.8 Å². The molecule has 0 atom stereocenters. The van der Waals surface area contributed by atoms with Crippen molar-refractivity contribution >= 4 is 54.5 Å². The fourth-order valence-corrected chi connectivity index (χ4v) is 1.05. The average molecular weight is 370 g/mol. The number of rotatable bonds is 6. The van der Waals surface area contributed by atoms with E-state index in [1.54, 1.807) is 0 Å². The average Bonchev–Trinajstić information content (AvgIpc) is 2.10. The monoisotopic (exact) mass is 369 g/mol. The molecule has 0 saturated carbocycles. The summed E-state index contributed by atoms with van der Waals surface area (Å²) in [7, 11) is 0. The van der Waals surface area contributed by atoms with E-state index in [-0.39, 0.29) is 73.8 Å². The molecule has 3 radical (unpaired) electrons. The van der Waals surface area contributed by atoms with E-state index in [4.69, 9.17) is 0 Å². The fraction of sp³-hybridized carbons (Fsp3) is 0.600. The molecule has 0 unspecified atom stereocenters. The number of ketones is 6. The van der Waals surface area contributed by atoms with E-state index < -0.39 is 0 Å². The zero-order chi connectivity index (χ0) is 17.6. The molecule has 0 N–H and O–H groups in total. The molecule has 0 fully saturated rings. The molecular weight excluding hydrogens is 346 g/mol. The second-order valence-electron chi connectivity index (χ2n) is 4.74. The van der Waals surface area contributed by atoms with Crippen molar-refractivity contribution in [1.29, 1.82) is 0 Å². The van der Waals surface area contributed by atoms with Crippen molar-refractivity contribution in [2.75, 3.05) is 0 Å². The first-order chi connectivity index (χ1) is 9.38. The predicted octanol–water partition coefficient (Wildman–Crippen LogP) is 1.28. The summed E-state index contributed by atoms with van der Waals surface area (Å²) in [5.41, 5.74) is 0. The summed E-state index contributed by atoms with van der Waals surface area (Å²) in [4.78, 5) is 60.2. The summed E-state index contributed by atoms with van der Waals surface area (Å²) in [5, 5.41) is 0. The van der Waals surface area contributed by atoms with Crippen LogP contribution in [-0.4, -0.2) is 54.5 Å². The Morgan fingerprint density at radius 3 is 0.500 bits per heavy atom. The Hall–Kier alpha value is -1.34. The van der Waals surface area contributed by atoms with Crippen molar-refractivity contribution in [3.8, 4) is 0 Å². The minimum Gasteiger partial charge on any atom is -0.300 e. The quantitative estimate of drug-likeness (QED) is 0.516. The maximum Gasteiger partial charge on any atom is 0.137 e. The molecule has 0 amide bonds. The predicted molar refractivity (Wildman–Crippen MR) is 83.7 cm³/mol. The zero-order valence-corrected chi connectivity index (χ0v) is 16.6. The third kappa shape index (κ3) is 51.2. The van der Waals surface area contributed by atoms with Gasteiger partial charge < -0.3 is 0 Å². The molecule has 0 aromatic rings. The third-order valence-electron chi connectivity index (χ3n) is 1.49. The topological polar surface area (TPSA) is 102 Å². The summed E-state index contributed by atoms with van der Waals surface area (Å²) in [5.74, 6) is -0.375. The second kappa shape index (κ2) is 17.7. The molecule has 6 nitrogen and oxygen atoms in total. The van der Waals surface area contributed by atoms with E-state index in [2.05, 4.69) is 0 Å². The van der Waals surface area contributed by atoms with Crippen LogP contribution in [-0.2, 0) is 28.8 Å². The van der Waals surface area contributed by atoms with Crippen LogP contribution < -0.4 is 0 Å². The van der Waals surface area contributed by atoms with Gasteiger partial charge in [-0.3, -0.25) is 28.8 Å². The normalized spacial score (nSPS) is 7.91. The Morgan fingerprint density at radius 1 is 0.409 bits per heavy atom. The summed E-state index contributed by atoms with van der Waals surface area (Å²) >= 11 is 0. The molecule has 0 aliphatic carbocycles. The van der Waals surface area contributed by atoms with Crippen molar-refractivity contribution in [2.45, 2.75) is 60.8 Å². The minimum absolute atomic E-state index is 0. The van der Waals surface area contributed by atoms with Crippen LogP contribution in [0.2, 0.25) is 0 Å². The molecule has 0 rings (SSSR count). The first kappa shape index (κ1) is 28.8. The molecule has 0 aromatic heterocycles. The van der Waals surface area contributed by atoms with Crippen LogP contribution >= 0.6 is 0 Å². The van der Waals surface area contributed by atoms with Crippen LogP contribution in [0.4, 0.5) is 0 Å². The Kier molecular flexibility index (Phi) is 23.2. The van der Waals surface area contributed by atoms with E-state index in [0.717, 1.165) is 0 Å². The molecule has 0 bridgehead atoms. The Bertz CT molecular complexity index is 314. The van der Waals surface area contributed by atoms with Crippen LogP contribution in [0.15, 0.2) is 0 Å². The number of hydrogen-bond acceptors (Lipinski definition) is 6. The van der Waals surface area contributed by atoms with Gasteiger partial charge in [-0.15, -0.1) is 0 Å². The molecule has 22 heavy (non-hydrogen) atoms. The van der Waals surface area contributed by atoms with Crippen molar-refractivity contribution in [3.63, 3.8) is 0 Å². The maximum absolute atomic E-state index is 10.0. The summed E-state index contributed by atoms with van der Waals surface area (Å²) in [6.07, 6.45) is 0.250. The van der Waals surface area contributed by atoms with Crippen LogP contribution in [0.5, 0.6) is 0 Å². The zero-order valence-electron chi connectivity index (χ0n) is 14.1. The second-order valence-corrected chi connectivity index (χ2v) is 4.74. The smallest absolute Gasteiger partial charge is 0.137 e. The first-order valence-electron chi connectivity index (χ1n) is 6.35. The van der Waals surface area contributed by atoms with Crippen molar-refractivity contribution < 1.29 is 28.8 Å². The molecule has 0 aliphatic heterocycles. The largest absolute Gasteiger partial charge is 0.300 e. The van der Waals surface area contributed by atoms with Gasteiger partial charge in [0.25, 0.3) is 0 Å². The van der Waals surface area contributed by atoms with Crippen LogP contribution in [0.25, 0.3) is 0 Å². The van der Waals surface area contributed by atoms with Gasteiger partial charge in [-0.25, -0.2) is 0 Å². The molecule has 7 heteroatoms. The van der Waals surface area contributed by atoms with Gasteiger partial charge in [0.05, 0.1) is 19.3 Å². The number of carbonyl (C=O) groups is 6. The maximum atomic E-state index is 10.0. The molecular formula is C15H24GaO6. The fourth-order valence-electron chi connectivity index (χ4n) is 1.05. The van der Waals surface area contributed by atoms with Gasteiger partial charge in [-0.05, 0) is 41.5 Å². The minimum atomic E-state index is -0.0625. The Labute approximate surface area is 144 Å². The van der Waals surface area contributed by atoms with E-state index in [1.807, 2.05) is 0 Å². The van der Waals surface area contributed by atoms with Crippen molar-refractivity contribution in [2.24, 2.45) is 0 Å².